The zero-order valence-electron chi connectivity index (χ0n) is 17.9. The fourth-order valence-electron chi connectivity index (χ4n) is 5.78. The molecule has 150 valence electrons. The molecule has 0 N–H and O–H groups in total. The van der Waals surface area contributed by atoms with Crippen molar-refractivity contribution in [1.82, 2.24) is 0 Å². The second kappa shape index (κ2) is 8.38. The van der Waals surface area contributed by atoms with Crippen LogP contribution in [0.15, 0.2) is 0 Å². The van der Waals surface area contributed by atoms with Gasteiger partial charge in [-0.2, -0.15) is 0 Å². The molecule has 0 radical (unpaired) electrons. The first-order valence-electron chi connectivity index (χ1n) is 11.1. The molecule has 0 aromatic rings. The number of rotatable bonds is 8. The molecule has 0 bridgehead atoms. The van der Waals surface area contributed by atoms with Crippen molar-refractivity contribution in [2.75, 3.05) is 41.6 Å². The molecule has 0 amide bonds. The lowest BCUT2D eigenvalue weighted by Crippen LogP contribution is -2.20. The Kier molecular flexibility index (Phi) is 6.85. The van der Waals surface area contributed by atoms with Crippen molar-refractivity contribution >= 4 is 20.1 Å². The summed E-state index contributed by atoms with van der Waals surface area (Å²) in [6, 6.07) is 0. The molecule has 3 unspecified atom stereocenters. The quantitative estimate of drug-likeness (QED) is 0.417. The van der Waals surface area contributed by atoms with Gasteiger partial charge in [-0.1, -0.05) is 39.0 Å². The number of hydrogen-bond acceptors (Lipinski definition) is 0. The van der Waals surface area contributed by atoms with Gasteiger partial charge in [0.2, 0.25) is 0 Å². The van der Waals surface area contributed by atoms with E-state index in [-0.39, 0.29) is 20.1 Å². The summed E-state index contributed by atoms with van der Waals surface area (Å²) in [5.74, 6) is 8.61. The zero-order chi connectivity index (χ0) is 18.1. The molecule has 0 aliphatic heterocycles. The average Bonchev–Trinajstić information content (AvgIpc) is 3.30. The van der Waals surface area contributed by atoms with Crippen LogP contribution < -0.4 is 0 Å². The van der Waals surface area contributed by atoms with Crippen molar-refractivity contribution in [3.63, 3.8) is 0 Å². The number of hydrogen-bond donors (Lipinski definition) is 0. The maximum Gasteiger partial charge on any atom is 0.00681 e. The molecule has 3 rings (SSSR count). The smallest absolute Gasteiger partial charge is 0.00681 e. The van der Waals surface area contributed by atoms with Crippen molar-refractivity contribution in [3.05, 3.63) is 0 Å². The van der Waals surface area contributed by atoms with Gasteiger partial charge >= 0.3 is 0 Å². The minimum atomic E-state index is -0.371. The van der Waals surface area contributed by atoms with Gasteiger partial charge in [-0.25, -0.2) is 20.1 Å². The third-order valence-electron chi connectivity index (χ3n) is 7.58. The highest BCUT2D eigenvalue weighted by molar-refractivity contribution is 8.47. The first-order chi connectivity index (χ1) is 11.7. The van der Waals surface area contributed by atoms with E-state index in [4.69, 9.17) is 0 Å². The molecule has 3 aliphatic carbocycles. The molecule has 3 atom stereocenters. The topological polar surface area (TPSA) is 0 Å². The Morgan fingerprint density at radius 2 is 1.20 bits per heavy atom. The van der Waals surface area contributed by atoms with Crippen LogP contribution in [0.25, 0.3) is 0 Å². The molecule has 0 spiro atoms. The molecule has 2 heteroatoms. The predicted molar refractivity (Wildman–Crippen MR) is 123 cm³/mol. The Bertz CT molecular complexity index is 420. The van der Waals surface area contributed by atoms with Crippen LogP contribution in [-0.4, -0.2) is 41.6 Å². The van der Waals surface area contributed by atoms with Gasteiger partial charge in [0.05, 0.1) is 0 Å². The van der Waals surface area contributed by atoms with E-state index in [1.807, 2.05) is 0 Å². The van der Waals surface area contributed by atoms with E-state index in [1.54, 1.807) is 48.7 Å². The second-order valence-electron chi connectivity index (χ2n) is 11.2. The lowest BCUT2D eigenvalue weighted by molar-refractivity contribution is 0.285. The van der Waals surface area contributed by atoms with E-state index >= 15 is 0 Å². The summed E-state index contributed by atoms with van der Waals surface area (Å²) in [7, 11) is -0.738. The SMILES string of the molecule is CC1CCC(CCS(C)(C)CS(C)(C)CCC2CCC3CC3C2)CC1. The standard InChI is InChI=1S/C23H46S2/c1-19-6-8-20(9-7-19)12-14-24(2,3)18-25(4,5)15-13-21-10-11-22-17-23(22)16-21/h19-23H,6-18H2,1-5H3. The lowest BCUT2D eigenvalue weighted by atomic mass is 9.82. The van der Waals surface area contributed by atoms with Crippen LogP contribution in [0.3, 0.4) is 0 Å². The van der Waals surface area contributed by atoms with Gasteiger partial charge in [0.15, 0.2) is 0 Å². The Morgan fingerprint density at radius 3 is 1.80 bits per heavy atom. The van der Waals surface area contributed by atoms with Crippen LogP contribution in [0.5, 0.6) is 0 Å². The Hall–Kier alpha value is 0.700. The molecule has 3 fully saturated rings. The molecule has 3 saturated carbocycles. The highest BCUT2D eigenvalue weighted by atomic mass is 32.3. The maximum atomic E-state index is 2.66. The molecule has 0 aromatic carbocycles. The van der Waals surface area contributed by atoms with E-state index in [0.29, 0.717) is 0 Å². The van der Waals surface area contributed by atoms with Crippen LogP contribution in [0, 0.1) is 29.6 Å². The van der Waals surface area contributed by atoms with Crippen molar-refractivity contribution in [1.29, 1.82) is 0 Å². The highest BCUT2D eigenvalue weighted by Crippen LogP contribution is 2.58. The summed E-state index contributed by atoms with van der Waals surface area (Å²) < 4.78 is 0. The predicted octanol–water partition coefficient (Wildman–Crippen LogP) is 7.12. The summed E-state index contributed by atoms with van der Waals surface area (Å²) in [6.45, 7) is 2.45. The Morgan fingerprint density at radius 1 is 0.640 bits per heavy atom. The molecule has 0 aromatic heterocycles. The van der Waals surface area contributed by atoms with E-state index < -0.39 is 0 Å². The largest absolute Gasteiger partial charge is 0.239 e. The third-order valence-corrected chi connectivity index (χ3v) is 15.4. The maximum absolute atomic E-state index is 2.66. The summed E-state index contributed by atoms with van der Waals surface area (Å²) in [5, 5.41) is 1.59. The summed E-state index contributed by atoms with van der Waals surface area (Å²) in [4.78, 5) is 0. The van der Waals surface area contributed by atoms with Gasteiger partial charge in [-0.05, 0) is 98.2 Å². The Balaban J connectivity index is 1.37. The molecular formula is C23H46S2. The first kappa shape index (κ1) is 20.4. The average molecular weight is 387 g/mol. The minimum Gasteiger partial charge on any atom is -0.239 e. The molecule has 3 aliphatic rings. The van der Waals surface area contributed by atoms with Crippen molar-refractivity contribution in [2.24, 2.45) is 29.6 Å². The summed E-state index contributed by atoms with van der Waals surface area (Å²) in [6.07, 6.45) is 26.1. The third kappa shape index (κ3) is 6.66. The summed E-state index contributed by atoms with van der Waals surface area (Å²) in [5.41, 5.74) is 0. The van der Waals surface area contributed by atoms with E-state index in [9.17, 15) is 0 Å². The first-order valence-corrected chi connectivity index (χ1v) is 16.7. The highest BCUT2D eigenvalue weighted by Gasteiger charge is 2.41. The molecule has 0 saturated heterocycles. The van der Waals surface area contributed by atoms with Gasteiger partial charge in [0.1, 0.15) is 0 Å². The Labute approximate surface area is 162 Å². The van der Waals surface area contributed by atoms with Crippen molar-refractivity contribution in [3.8, 4) is 0 Å². The van der Waals surface area contributed by atoms with Gasteiger partial charge in [-0.15, -0.1) is 0 Å². The fourth-order valence-corrected chi connectivity index (χ4v) is 15.6. The van der Waals surface area contributed by atoms with Crippen LogP contribution in [0.2, 0.25) is 0 Å². The normalized spacial score (nSPS) is 37.4. The monoisotopic (exact) mass is 386 g/mol. The van der Waals surface area contributed by atoms with Gasteiger partial charge in [0.25, 0.3) is 0 Å². The van der Waals surface area contributed by atoms with Crippen LogP contribution >= 0.6 is 20.1 Å². The molecule has 0 heterocycles. The van der Waals surface area contributed by atoms with E-state index in [1.165, 1.54) is 38.0 Å². The van der Waals surface area contributed by atoms with E-state index in [0.717, 1.165) is 23.7 Å². The zero-order valence-corrected chi connectivity index (χ0v) is 19.5. The van der Waals surface area contributed by atoms with Gasteiger partial charge < -0.3 is 0 Å². The van der Waals surface area contributed by atoms with Crippen molar-refractivity contribution < 1.29 is 0 Å². The van der Waals surface area contributed by atoms with Gasteiger partial charge in [0, 0.05) is 5.08 Å². The fraction of sp³-hybridized carbons (Fsp3) is 1.00. The second-order valence-corrected chi connectivity index (χ2v) is 20.0. The van der Waals surface area contributed by atoms with Gasteiger partial charge in [-0.3, -0.25) is 0 Å². The lowest BCUT2D eigenvalue weighted by Gasteiger charge is -2.44. The molecular weight excluding hydrogens is 340 g/mol. The molecule has 0 nitrogen and oxygen atoms in total. The number of fused-ring (bicyclic) bond motifs is 1. The molecule has 25 heavy (non-hydrogen) atoms. The van der Waals surface area contributed by atoms with Crippen LogP contribution in [-0.2, 0) is 0 Å². The van der Waals surface area contributed by atoms with E-state index in [2.05, 4.69) is 31.9 Å². The van der Waals surface area contributed by atoms with Crippen LogP contribution in [0.1, 0.15) is 71.1 Å². The van der Waals surface area contributed by atoms with Crippen molar-refractivity contribution in [2.45, 2.75) is 71.1 Å². The summed E-state index contributed by atoms with van der Waals surface area (Å²) >= 11 is 0. The van der Waals surface area contributed by atoms with Crippen LogP contribution in [0.4, 0.5) is 0 Å². The minimum absolute atomic E-state index is 0.367.